The number of halogens is 1. The average Bonchev–Trinajstić information content (AvgIpc) is 3.07. The lowest BCUT2D eigenvalue weighted by Crippen LogP contribution is -2.40. The number of hydrogen-bond acceptors (Lipinski definition) is 3. The molecule has 1 saturated carbocycles. The van der Waals surface area contributed by atoms with Crippen molar-refractivity contribution in [2.45, 2.75) is 6.42 Å². The predicted octanol–water partition coefficient (Wildman–Crippen LogP) is 0.148. The van der Waals surface area contributed by atoms with Gasteiger partial charge in [0.25, 0.3) is 0 Å². The van der Waals surface area contributed by atoms with Crippen molar-refractivity contribution in [3.8, 4) is 0 Å². The van der Waals surface area contributed by atoms with E-state index in [1.807, 2.05) is 0 Å². The highest BCUT2D eigenvalue weighted by molar-refractivity contribution is 6.27. The van der Waals surface area contributed by atoms with E-state index in [4.69, 9.17) is 11.6 Å². The number of imide groups is 1. The second-order valence-corrected chi connectivity index (χ2v) is 5.58. The monoisotopic (exact) mass is 282 g/mol. The molecule has 1 aliphatic heterocycles. The number of fused-ring (bicyclic) bond motifs is 5. The molecule has 3 rings (SSSR count). The van der Waals surface area contributed by atoms with E-state index in [-0.39, 0.29) is 60.4 Å². The summed E-state index contributed by atoms with van der Waals surface area (Å²) in [5.74, 6) is -0.414. The third-order valence-electron chi connectivity index (χ3n) is 4.34. The van der Waals surface area contributed by atoms with Gasteiger partial charge in [0.1, 0.15) is 5.88 Å². The molecule has 0 unspecified atom stereocenters. The third kappa shape index (κ3) is 1.87. The maximum Gasteiger partial charge on any atom is 0.234 e. The zero-order valence-electron chi connectivity index (χ0n) is 10.3. The van der Waals surface area contributed by atoms with Crippen molar-refractivity contribution in [2.75, 3.05) is 19.0 Å². The van der Waals surface area contributed by atoms with E-state index in [9.17, 15) is 14.4 Å². The smallest absolute Gasteiger partial charge is 0.234 e. The zero-order chi connectivity index (χ0) is 13.6. The first kappa shape index (κ1) is 12.7. The lowest BCUT2D eigenvalue weighted by Gasteiger charge is -2.17. The SMILES string of the molecule is O=C(CCl)NCCN1C(=O)[C@@H]2[C@H](C1=O)[C@@H]1C=C[C@H]2C1. The number of hydrogen-bond donors (Lipinski definition) is 1. The van der Waals surface area contributed by atoms with Gasteiger partial charge in [0.05, 0.1) is 11.8 Å². The van der Waals surface area contributed by atoms with Gasteiger partial charge in [0, 0.05) is 13.1 Å². The van der Waals surface area contributed by atoms with Crippen LogP contribution in [0.4, 0.5) is 0 Å². The van der Waals surface area contributed by atoms with Gasteiger partial charge in [-0.25, -0.2) is 0 Å². The van der Waals surface area contributed by atoms with Crippen LogP contribution < -0.4 is 5.32 Å². The fourth-order valence-corrected chi connectivity index (χ4v) is 3.63. The summed E-state index contributed by atoms with van der Waals surface area (Å²) >= 11 is 5.36. The molecule has 19 heavy (non-hydrogen) atoms. The first-order chi connectivity index (χ1) is 9.13. The minimum atomic E-state index is -0.289. The number of carbonyl (C=O) groups excluding carboxylic acids is 3. The van der Waals surface area contributed by atoms with Crippen molar-refractivity contribution in [3.05, 3.63) is 12.2 Å². The molecule has 0 aromatic rings. The third-order valence-corrected chi connectivity index (χ3v) is 4.58. The second-order valence-electron chi connectivity index (χ2n) is 5.31. The molecule has 6 heteroatoms. The van der Waals surface area contributed by atoms with Crippen LogP contribution in [0.2, 0.25) is 0 Å². The Hall–Kier alpha value is -1.36. The number of nitrogens with zero attached hydrogens (tertiary/aromatic N) is 1. The van der Waals surface area contributed by atoms with Crippen LogP contribution in [0.3, 0.4) is 0 Å². The van der Waals surface area contributed by atoms with Crippen LogP contribution in [0.5, 0.6) is 0 Å². The van der Waals surface area contributed by atoms with Gasteiger partial charge >= 0.3 is 0 Å². The fraction of sp³-hybridized carbons (Fsp3) is 0.615. The largest absolute Gasteiger partial charge is 0.353 e. The highest BCUT2D eigenvalue weighted by atomic mass is 35.5. The lowest BCUT2D eigenvalue weighted by molar-refractivity contribution is -0.141. The Morgan fingerprint density at radius 3 is 2.37 bits per heavy atom. The Morgan fingerprint density at radius 1 is 1.26 bits per heavy atom. The van der Waals surface area contributed by atoms with Gasteiger partial charge in [-0.05, 0) is 18.3 Å². The molecule has 5 nitrogen and oxygen atoms in total. The molecule has 4 atom stereocenters. The molecule has 1 N–H and O–H groups in total. The number of amides is 3. The first-order valence-corrected chi connectivity index (χ1v) is 7.03. The molecule has 2 bridgehead atoms. The van der Waals surface area contributed by atoms with Crippen LogP contribution >= 0.6 is 11.6 Å². The zero-order valence-corrected chi connectivity index (χ0v) is 11.1. The maximum atomic E-state index is 12.3. The van der Waals surface area contributed by atoms with E-state index in [0.717, 1.165) is 6.42 Å². The summed E-state index contributed by atoms with van der Waals surface area (Å²) in [6, 6.07) is 0. The van der Waals surface area contributed by atoms with Crippen LogP contribution in [-0.2, 0) is 14.4 Å². The fourth-order valence-electron chi connectivity index (χ4n) is 3.54. The van der Waals surface area contributed by atoms with E-state index in [0.29, 0.717) is 0 Å². The molecule has 0 radical (unpaired) electrons. The summed E-state index contributed by atoms with van der Waals surface area (Å²) in [5, 5.41) is 2.57. The van der Waals surface area contributed by atoms with Crippen molar-refractivity contribution in [1.82, 2.24) is 10.2 Å². The summed E-state index contributed by atoms with van der Waals surface area (Å²) in [6.45, 7) is 0.512. The van der Waals surface area contributed by atoms with E-state index in [2.05, 4.69) is 17.5 Å². The topological polar surface area (TPSA) is 66.5 Å². The number of nitrogens with one attached hydrogen (secondary N) is 1. The van der Waals surface area contributed by atoms with Gasteiger partial charge in [0.15, 0.2) is 0 Å². The standard InChI is InChI=1S/C13H15ClN2O3/c14-6-9(17)15-3-4-16-12(18)10-7-1-2-8(5-7)11(10)13(16)19/h1-2,7-8,10-11H,3-6H2,(H,15,17)/t7-,8+,10-,11+. The highest BCUT2D eigenvalue weighted by Gasteiger charge is 2.58. The van der Waals surface area contributed by atoms with E-state index in [1.54, 1.807) is 0 Å². The van der Waals surface area contributed by atoms with Gasteiger partial charge in [-0.15, -0.1) is 11.6 Å². The minimum absolute atomic E-state index is 0.0769. The van der Waals surface area contributed by atoms with E-state index < -0.39 is 0 Å². The molecule has 102 valence electrons. The van der Waals surface area contributed by atoms with Crippen LogP contribution in [0.15, 0.2) is 12.2 Å². The van der Waals surface area contributed by atoms with Crippen LogP contribution in [0.25, 0.3) is 0 Å². The predicted molar refractivity (Wildman–Crippen MR) is 68.2 cm³/mol. The van der Waals surface area contributed by atoms with Crippen LogP contribution in [0, 0.1) is 23.7 Å². The number of alkyl halides is 1. The quantitative estimate of drug-likeness (QED) is 0.453. The minimum Gasteiger partial charge on any atom is -0.353 e. The molecule has 3 aliphatic rings. The Bertz CT molecular complexity index is 447. The maximum absolute atomic E-state index is 12.3. The van der Waals surface area contributed by atoms with Gasteiger partial charge < -0.3 is 5.32 Å². The first-order valence-electron chi connectivity index (χ1n) is 6.49. The summed E-state index contributed by atoms with van der Waals surface area (Å²) in [4.78, 5) is 36.8. The molecular formula is C13H15ClN2O3. The van der Waals surface area contributed by atoms with Crippen LogP contribution in [-0.4, -0.2) is 41.6 Å². The van der Waals surface area contributed by atoms with Gasteiger partial charge in [0.2, 0.25) is 17.7 Å². The molecule has 2 aliphatic carbocycles. The van der Waals surface area contributed by atoms with Crippen molar-refractivity contribution in [2.24, 2.45) is 23.7 Å². The molecule has 2 fully saturated rings. The molecular weight excluding hydrogens is 268 g/mol. The Morgan fingerprint density at radius 2 is 1.84 bits per heavy atom. The van der Waals surface area contributed by atoms with Gasteiger partial charge in [-0.1, -0.05) is 12.2 Å². The second kappa shape index (κ2) is 4.63. The molecule has 3 amide bonds. The average molecular weight is 283 g/mol. The molecule has 0 aromatic carbocycles. The number of allylic oxidation sites excluding steroid dienone is 2. The van der Waals surface area contributed by atoms with E-state index in [1.165, 1.54) is 4.90 Å². The Labute approximate surface area is 116 Å². The normalized spacial score (nSPS) is 35.1. The Balaban J connectivity index is 1.64. The van der Waals surface area contributed by atoms with Crippen molar-refractivity contribution in [1.29, 1.82) is 0 Å². The molecule has 1 saturated heterocycles. The summed E-state index contributed by atoms with van der Waals surface area (Å²) < 4.78 is 0. The number of carbonyl (C=O) groups is 3. The van der Waals surface area contributed by atoms with Gasteiger partial charge in [-0.3, -0.25) is 19.3 Å². The highest BCUT2D eigenvalue weighted by Crippen LogP contribution is 2.52. The van der Waals surface area contributed by atoms with Crippen molar-refractivity contribution < 1.29 is 14.4 Å². The van der Waals surface area contributed by atoms with Gasteiger partial charge in [-0.2, -0.15) is 0 Å². The summed E-state index contributed by atoms with van der Waals surface area (Å²) in [5.41, 5.74) is 0. The summed E-state index contributed by atoms with van der Waals surface area (Å²) in [7, 11) is 0. The van der Waals surface area contributed by atoms with Crippen molar-refractivity contribution >= 4 is 29.3 Å². The molecule has 0 spiro atoms. The lowest BCUT2D eigenvalue weighted by atomic mass is 9.85. The molecule has 0 aromatic heterocycles. The van der Waals surface area contributed by atoms with Crippen molar-refractivity contribution in [3.63, 3.8) is 0 Å². The Kier molecular flexibility index (Phi) is 3.09. The number of likely N-dealkylation sites (tertiary alicyclic amines) is 1. The number of rotatable bonds is 4. The van der Waals surface area contributed by atoms with Crippen LogP contribution in [0.1, 0.15) is 6.42 Å². The summed E-state index contributed by atoms with van der Waals surface area (Å²) in [6.07, 6.45) is 5.06. The van der Waals surface area contributed by atoms with E-state index >= 15 is 0 Å². The molecule has 1 heterocycles.